The van der Waals surface area contributed by atoms with E-state index in [1.54, 1.807) is 12.3 Å². The van der Waals surface area contributed by atoms with Gasteiger partial charge in [-0.2, -0.15) is 4.98 Å². The van der Waals surface area contributed by atoms with Gasteiger partial charge in [-0.15, -0.1) is 0 Å². The molecule has 6 nitrogen and oxygen atoms in total. The minimum atomic E-state index is -0.366. The summed E-state index contributed by atoms with van der Waals surface area (Å²) in [6, 6.07) is 10.5. The van der Waals surface area contributed by atoms with Crippen molar-refractivity contribution in [2.24, 2.45) is 5.73 Å². The lowest BCUT2D eigenvalue weighted by Gasteiger charge is -2.24. The zero-order chi connectivity index (χ0) is 16.4. The van der Waals surface area contributed by atoms with Crippen molar-refractivity contribution in [3.63, 3.8) is 0 Å². The molecule has 2 aromatic rings. The van der Waals surface area contributed by atoms with Crippen LogP contribution in [0.25, 0.3) is 5.69 Å². The van der Waals surface area contributed by atoms with E-state index in [2.05, 4.69) is 16.9 Å². The quantitative estimate of drug-likeness (QED) is 0.883. The van der Waals surface area contributed by atoms with E-state index in [9.17, 15) is 4.79 Å². The summed E-state index contributed by atoms with van der Waals surface area (Å²) < 4.78 is 1.49. The van der Waals surface area contributed by atoms with Crippen LogP contribution in [0.2, 0.25) is 0 Å². The van der Waals surface area contributed by atoms with Crippen molar-refractivity contribution in [2.75, 3.05) is 12.8 Å². The van der Waals surface area contributed by atoms with Gasteiger partial charge >= 0.3 is 5.69 Å². The summed E-state index contributed by atoms with van der Waals surface area (Å²) in [5.74, 6) is 0.235. The lowest BCUT2D eigenvalue weighted by molar-refractivity contribution is 0.235. The number of rotatable bonds is 4. The topological polar surface area (TPSA) is 90.2 Å². The van der Waals surface area contributed by atoms with E-state index < -0.39 is 0 Å². The fourth-order valence-corrected chi connectivity index (χ4v) is 3.18. The highest BCUT2D eigenvalue weighted by Crippen LogP contribution is 2.23. The summed E-state index contributed by atoms with van der Waals surface area (Å²) in [5, 5.41) is 0. The van der Waals surface area contributed by atoms with Crippen LogP contribution in [0.5, 0.6) is 0 Å². The summed E-state index contributed by atoms with van der Waals surface area (Å²) in [5.41, 5.74) is 13.1. The molecule has 1 fully saturated rings. The summed E-state index contributed by atoms with van der Waals surface area (Å²) in [4.78, 5) is 18.0. The molecular weight excluding hydrogens is 290 g/mol. The van der Waals surface area contributed by atoms with Gasteiger partial charge in [0, 0.05) is 24.8 Å². The van der Waals surface area contributed by atoms with Crippen molar-refractivity contribution >= 4 is 5.82 Å². The van der Waals surface area contributed by atoms with Crippen LogP contribution in [0.3, 0.4) is 0 Å². The number of anilines is 1. The summed E-state index contributed by atoms with van der Waals surface area (Å²) in [6.07, 6.45) is 5.00. The first-order valence-corrected chi connectivity index (χ1v) is 7.93. The first-order chi connectivity index (χ1) is 11.0. The van der Waals surface area contributed by atoms with Gasteiger partial charge in [0.25, 0.3) is 0 Å². The predicted octanol–water partition coefficient (Wildman–Crippen LogP) is 1.13. The smallest absolute Gasteiger partial charge is 0.354 e. The Morgan fingerprint density at radius 3 is 2.61 bits per heavy atom. The maximum Gasteiger partial charge on any atom is 0.354 e. The molecule has 6 heteroatoms. The van der Waals surface area contributed by atoms with Crippen molar-refractivity contribution in [3.8, 4) is 5.69 Å². The Morgan fingerprint density at radius 1 is 1.26 bits per heavy atom. The molecule has 1 aliphatic rings. The van der Waals surface area contributed by atoms with Crippen molar-refractivity contribution in [3.05, 3.63) is 52.6 Å². The normalized spacial score (nSPS) is 21.0. The third-order valence-electron chi connectivity index (χ3n) is 4.54. The molecule has 0 bridgehead atoms. The van der Waals surface area contributed by atoms with E-state index in [1.165, 1.54) is 16.6 Å². The third-order valence-corrected chi connectivity index (χ3v) is 4.54. The Bertz CT molecular complexity index is 725. The van der Waals surface area contributed by atoms with E-state index in [0.717, 1.165) is 25.1 Å². The zero-order valence-electron chi connectivity index (χ0n) is 13.4. The standard InChI is InChI=1S/C17H23N5O/c1-21(15-7-4-13(18)10-15)11-12-2-5-14(6-3-12)22-9-8-16(19)20-17(22)23/h2-3,5-6,8-9,13,15H,4,7,10-11,18H2,1H3,(H2,19,20,23). The van der Waals surface area contributed by atoms with Crippen LogP contribution in [-0.2, 0) is 6.54 Å². The summed E-state index contributed by atoms with van der Waals surface area (Å²) in [6.45, 7) is 0.882. The van der Waals surface area contributed by atoms with Crippen LogP contribution in [0, 0.1) is 0 Å². The largest absolute Gasteiger partial charge is 0.383 e. The number of nitrogens with zero attached hydrogens (tertiary/aromatic N) is 3. The first kappa shape index (κ1) is 15.7. The highest BCUT2D eigenvalue weighted by molar-refractivity contribution is 5.36. The second kappa shape index (κ2) is 6.52. The van der Waals surface area contributed by atoms with Gasteiger partial charge < -0.3 is 11.5 Å². The molecule has 0 aliphatic heterocycles. The zero-order valence-corrected chi connectivity index (χ0v) is 13.4. The van der Waals surface area contributed by atoms with E-state index in [-0.39, 0.29) is 11.5 Å². The highest BCUT2D eigenvalue weighted by atomic mass is 16.1. The molecule has 122 valence electrons. The number of benzene rings is 1. The third kappa shape index (κ3) is 3.60. The second-order valence-corrected chi connectivity index (χ2v) is 6.31. The fraction of sp³-hybridized carbons (Fsp3) is 0.412. The highest BCUT2D eigenvalue weighted by Gasteiger charge is 2.24. The van der Waals surface area contributed by atoms with Crippen molar-refractivity contribution < 1.29 is 0 Å². The number of aromatic nitrogens is 2. The van der Waals surface area contributed by atoms with E-state index in [1.807, 2.05) is 24.3 Å². The molecule has 1 saturated carbocycles. The fourth-order valence-electron chi connectivity index (χ4n) is 3.18. The van der Waals surface area contributed by atoms with Gasteiger partial charge in [-0.1, -0.05) is 12.1 Å². The van der Waals surface area contributed by atoms with Gasteiger partial charge in [-0.3, -0.25) is 9.47 Å². The Balaban J connectivity index is 1.71. The molecule has 0 spiro atoms. The number of hydrogen-bond acceptors (Lipinski definition) is 5. The van der Waals surface area contributed by atoms with Crippen LogP contribution in [0.4, 0.5) is 5.82 Å². The average Bonchev–Trinajstić information content (AvgIpc) is 2.95. The molecule has 2 atom stereocenters. The van der Waals surface area contributed by atoms with Gasteiger partial charge in [-0.05, 0) is 50.1 Å². The van der Waals surface area contributed by atoms with E-state index in [4.69, 9.17) is 11.5 Å². The van der Waals surface area contributed by atoms with Crippen LogP contribution in [0.15, 0.2) is 41.3 Å². The molecule has 1 aromatic carbocycles. The average molecular weight is 313 g/mol. The monoisotopic (exact) mass is 313 g/mol. The molecule has 3 rings (SSSR count). The summed E-state index contributed by atoms with van der Waals surface area (Å²) in [7, 11) is 2.14. The Labute approximate surface area is 135 Å². The van der Waals surface area contributed by atoms with Crippen LogP contribution < -0.4 is 17.2 Å². The number of hydrogen-bond donors (Lipinski definition) is 2. The molecule has 23 heavy (non-hydrogen) atoms. The predicted molar refractivity (Wildman–Crippen MR) is 91.3 cm³/mol. The second-order valence-electron chi connectivity index (χ2n) is 6.31. The van der Waals surface area contributed by atoms with Gasteiger partial charge in [0.2, 0.25) is 0 Å². The van der Waals surface area contributed by atoms with Crippen molar-refractivity contribution in [1.82, 2.24) is 14.5 Å². The minimum absolute atomic E-state index is 0.235. The molecule has 0 saturated heterocycles. The minimum Gasteiger partial charge on any atom is -0.383 e. The van der Waals surface area contributed by atoms with Gasteiger partial charge in [0.15, 0.2) is 0 Å². The Morgan fingerprint density at radius 2 is 2.00 bits per heavy atom. The molecule has 2 unspecified atom stereocenters. The van der Waals surface area contributed by atoms with Crippen molar-refractivity contribution in [1.29, 1.82) is 0 Å². The first-order valence-electron chi connectivity index (χ1n) is 7.93. The van der Waals surface area contributed by atoms with E-state index >= 15 is 0 Å². The number of nitrogen functional groups attached to an aromatic ring is 1. The van der Waals surface area contributed by atoms with Crippen LogP contribution >= 0.6 is 0 Å². The van der Waals surface area contributed by atoms with Gasteiger partial charge in [0.1, 0.15) is 5.82 Å². The Hall–Kier alpha value is -2.18. The molecule has 4 N–H and O–H groups in total. The maximum atomic E-state index is 11.9. The Kier molecular flexibility index (Phi) is 4.45. The van der Waals surface area contributed by atoms with Crippen LogP contribution in [0.1, 0.15) is 24.8 Å². The van der Waals surface area contributed by atoms with Gasteiger partial charge in [0.05, 0.1) is 5.69 Å². The molecule has 1 aromatic heterocycles. The summed E-state index contributed by atoms with van der Waals surface area (Å²) >= 11 is 0. The van der Waals surface area contributed by atoms with E-state index in [0.29, 0.717) is 12.1 Å². The SMILES string of the molecule is CN(Cc1ccc(-n2ccc(N)nc2=O)cc1)C1CCC(N)C1. The lowest BCUT2D eigenvalue weighted by atomic mass is 10.1. The molecule has 1 aliphatic carbocycles. The lowest BCUT2D eigenvalue weighted by Crippen LogP contribution is -2.30. The molecule has 0 amide bonds. The molecule has 1 heterocycles. The van der Waals surface area contributed by atoms with Crippen LogP contribution in [-0.4, -0.2) is 33.6 Å². The molecular formula is C17H23N5O. The van der Waals surface area contributed by atoms with Crippen molar-refractivity contribution in [2.45, 2.75) is 37.9 Å². The number of nitrogens with two attached hydrogens (primary N) is 2. The van der Waals surface area contributed by atoms with Gasteiger partial charge in [-0.25, -0.2) is 4.79 Å². The molecule has 0 radical (unpaired) electrons. The maximum absolute atomic E-state index is 11.9.